The molecule has 0 fully saturated rings. The van der Waals surface area contributed by atoms with Crippen LogP contribution < -0.4 is 11.3 Å². The predicted molar refractivity (Wildman–Crippen MR) is 144 cm³/mol. The van der Waals surface area contributed by atoms with Crippen LogP contribution in [-0.4, -0.2) is 44.2 Å². The van der Waals surface area contributed by atoms with Crippen molar-refractivity contribution in [3.05, 3.63) is 93.4 Å². The van der Waals surface area contributed by atoms with Crippen molar-refractivity contribution < 1.29 is 20.1 Å². The Labute approximate surface area is 218 Å². The van der Waals surface area contributed by atoms with Crippen molar-refractivity contribution in [2.75, 3.05) is 13.2 Å². The summed E-state index contributed by atoms with van der Waals surface area (Å²) in [4.78, 5) is 24.3. The number of aliphatic hydroxyl groups excluding tert-OH is 1. The van der Waals surface area contributed by atoms with Gasteiger partial charge in [-0.2, -0.15) is 0 Å². The maximum Gasteiger partial charge on any atom is 0.335 e. The average Bonchev–Trinajstić information content (AvgIpc) is 3.51. The summed E-state index contributed by atoms with van der Waals surface area (Å²) in [6.07, 6.45) is 3.20. The fraction of sp³-hybridized carbons (Fsp3) is 0.214. The molecule has 0 saturated heterocycles. The first-order valence-corrected chi connectivity index (χ1v) is 12.2. The molecule has 3 aromatic carbocycles. The Morgan fingerprint density at radius 3 is 2.53 bits per heavy atom. The summed E-state index contributed by atoms with van der Waals surface area (Å²) < 4.78 is 1.45. The lowest BCUT2D eigenvalue weighted by Gasteiger charge is -2.07. The number of aryl methyl sites for hydroxylation is 3. The van der Waals surface area contributed by atoms with Crippen molar-refractivity contribution in [2.24, 2.45) is 16.0 Å². The molecule has 0 saturated carbocycles. The highest BCUT2D eigenvalue weighted by Crippen LogP contribution is 2.38. The van der Waals surface area contributed by atoms with Gasteiger partial charge in [-0.3, -0.25) is 9.89 Å². The van der Waals surface area contributed by atoms with Gasteiger partial charge >= 0.3 is 5.97 Å². The van der Waals surface area contributed by atoms with Gasteiger partial charge < -0.3 is 21.1 Å². The van der Waals surface area contributed by atoms with Crippen LogP contribution in [0.3, 0.4) is 0 Å². The van der Waals surface area contributed by atoms with Gasteiger partial charge in [0.2, 0.25) is 0 Å². The van der Waals surface area contributed by atoms with Gasteiger partial charge in [0, 0.05) is 12.1 Å². The third-order valence-electron chi connectivity index (χ3n) is 6.20. The fourth-order valence-electron chi connectivity index (χ4n) is 4.30. The molecule has 0 spiro atoms. The number of nitrogens with two attached hydrogens (primary N) is 1. The molecule has 1 aliphatic rings. The first kappa shape index (κ1) is 26.5. The number of aromatic hydroxyl groups is 1. The van der Waals surface area contributed by atoms with Gasteiger partial charge in [-0.15, -0.1) is 10.2 Å². The minimum Gasteiger partial charge on any atom is -0.505 e. The molecule has 0 amide bonds. The van der Waals surface area contributed by atoms with Crippen LogP contribution in [0.15, 0.2) is 75.7 Å². The zero-order chi connectivity index (χ0) is 27.2. The number of carboxylic acid groups (broad SMARTS) is 1. The van der Waals surface area contributed by atoms with Crippen molar-refractivity contribution in [1.82, 2.24) is 9.78 Å². The van der Waals surface area contributed by atoms with Gasteiger partial charge in [0.15, 0.2) is 11.4 Å². The number of aromatic nitrogens is 2. The Bertz CT molecular complexity index is 1550. The third-order valence-corrected chi connectivity index (χ3v) is 6.20. The highest BCUT2D eigenvalue weighted by molar-refractivity contribution is 5.90. The molecule has 0 aliphatic heterocycles. The highest BCUT2D eigenvalue weighted by Gasteiger charge is 2.16. The number of hydrogen-bond acceptors (Lipinski definition) is 7. The van der Waals surface area contributed by atoms with Crippen LogP contribution in [0.1, 0.15) is 33.6 Å². The lowest BCUT2D eigenvalue weighted by Crippen LogP contribution is -2.14. The molecule has 0 unspecified atom stereocenters. The second-order valence-corrected chi connectivity index (χ2v) is 8.80. The molecule has 10 nitrogen and oxygen atoms in total. The average molecular weight is 516 g/mol. The topological polar surface area (TPSA) is 166 Å². The van der Waals surface area contributed by atoms with E-state index in [-0.39, 0.29) is 34.9 Å². The summed E-state index contributed by atoms with van der Waals surface area (Å²) in [6.45, 7) is 2.22. The number of phenols is 1. The van der Waals surface area contributed by atoms with Crippen LogP contribution in [0.2, 0.25) is 0 Å². The van der Waals surface area contributed by atoms with Crippen LogP contribution in [0.25, 0.3) is 16.8 Å². The third kappa shape index (κ3) is 5.56. The van der Waals surface area contributed by atoms with Gasteiger partial charge in [-0.1, -0.05) is 30.3 Å². The Hall–Kier alpha value is -4.54. The summed E-state index contributed by atoms with van der Waals surface area (Å²) in [7, 11) is 0. The van der Waals surface area contributed by atoms with Crippen molar-refractivity contribution in [3.8, 4) is 22.6 Å². The van der Waals surface area contributed by atoms with Crippen LogP contribution >= 0.6 is 0 Å². The van der Waals surface area contributed by atoms with E-state index in [4.69, 9.17) is 10.8 Å². The lowest BCUT2D eigenvalue weighted by atomic mass is 10.0. The molecule has 6 N–H and O–H groups in total. The number of aromatic carboxylic acids is 1. The van der Waals surface area contributed by atoms with E-state index in [1.807, 2.05) is 12.1 Å². The first-order valence-electron chi connectivity index (χ1n) is 12.2. The van der Waals surface area contributed by atoms with Crippen molar-refractivity contribution in [3.63, 3.8) is 0 Å². The number of benzene rings is 3. The predicted octanol–water partition coefficient (Wildman–Crippen LogP) is 4.39. The summed E-state index contributed by atoms with van der Waals surface area (Å²) in [6, 6.07) is 17.2. The molecule has 5 rings (SSSR count). The van der Waals surface area contributed by atoms with Crippen molar-refractivity contribution >= 4 is 17.3 Å². The monoisotopic (exact) mass is 515 g/mol. The van der Waals surface area contributed by atoms with E-state index in [0.717, 1.165) is 24.9 Å². The molecule has 0 radical (unpaired) electrons. The minimum absolute atomic E-state index is 0.0972. The quantitative estimate of drug-likeness (QED) is 0.239. The van der Waals surface area contributed by atoms with E-state index < -0.39 is 5.97 Å². The number of phenolic OH excluding ortho intramolecular Hbond substituents is 1. The highest BCUT2D eigenvalue weighted by atomic mass is 16.4. The number of nitrogens with zero attached hydrogens (tertiary/aromatic N) is 3. The number of aliphatic hydroxyl groups is 1. The van der Waals surface area contributed by atoms with Gasteiger partial charge in [-0.05, 0) is 73.2 Å². The van der Waals surface area contributed by atoms with E-state index in [1.54, 1.807) is 37.3 Å². The fourth-order valence-corrected chi connectivity index (χ4v) is 4.30. The molecule has 10 heteroatoms. The Morgan fingerprint density at radius 1 is 1.05 bits per heavy atom. The van der Waals surface area contributed by atoms with E-state index >= 15 is 0 Å². The van der Waals surface area contributed by atoms with Crippen LogP contribution in [-0.2, 0) is 12.8 Å². The number of carbonyl (C=O) groups is 1. The number of fused-ring (bicyclic) bond motifs is 1. The number of para-hydroxylation sites is 1. The van der Waals surface area contributed by atoms with Crippen LogP contribution in [0.4, 0.5) is 11.4 Å². The number of carboxylic acids is 1. The molecular formula is C28H29N5O5. The maximum atomic E-state index is 13.0. The van der Waals surface area contributed by atoms with Gasteiger partial charge in [0.1, 0.15) is 5.69 Å². The van der Waals surface area contributed by atoms with Gasteiger partial charge in [0.05, 0.1) is 23.6 Å². The number of nitrogens with one attached hydrogen (secondary N) is 1. The second kappa shape index (κ2) is 11.7. The van der Waals surface area contributed by atoms with E-state index in [2.05, 4.69) is 21.4 Å². The zero-order valence-corrected chi connectivity index (χ0v) is 20.9. The maximum absolute atomic E-state index is 13.0. The largest absolute Gasteiger partial charge is 0.505 e. The first-order chi connectivity index (χ1) is 18.3. The molecule has 4 aromatic rings. The summed E-state index contributed by atoms with van der Waals surface area (Å²) >= 11 is 0. The zero-order valence-electron chi connectivity index (χ0n) is 20.9. The van der Waals surface area contributed by atoms with E-state index in [9.17, 15) is 19.8 Å². The molecule has 196 valence electrons. The van der Waals surface area contributed by atoms with Crippen LogP contribution in [0, 0.1) is 6.92 Å². The molecule has 0 atom stereocenters. The van der Waals surface area contributed by atoms with Gasteiger partial charge in [-0.25, -0.2) is 9.48 Å². The molecule has 1 heterocycles. The number of azo groups is 1. The smallest absolute Gasteiger partial charge is 0.335 e. The minimum atomic E-state index is -1.06. The number of aromatic amines is 1. The van der Waals surface area contributed by atoms with Crippen molar-refractivity contribution in [2.45, 2.75) is 26.2 Å². The SMILES string of the molecule is Cc1[nH]n(-c2ccc3c(c2)CCC3)c(=O)c1N=Nc1cccc(-c2cccc(C(=O)O)c2)c1O.NCCO. The number of rotatable bonds is 6. The van der Waals surface area contributed by atoms with E-state index in [1.165, 1.54) is 27.9 Å². The van der Waals surface area contributed by atoms with Gasteiger partial charge in [0.25, 0.3) is 5.56 Å². The van der Waals surface area contributed by atoms with Crippen molar-refractivity contribution in [1.29, 1.82) is 0 Å². The summed E-state index contributed by atoms with van der Waals surface area (Å²) in [5.41, 5.74) is 9.71. The Morgan fingerprint density at radius 2 is 1.79 bits per heavy atom. The number of H-pyrrole nitrogens is 1. The Balaban J connectivity index is 0.000000786. The van der Waals surface area contributed by atoms with E-state index in [0.29, 0.717) is 23.4 Å². The van der Waals surface area contributed by atoms with Crippen LogP contribution in [0.5, 0.6) is 5.75 Å². The molecule has 38 heavy (non-hydrogen) atoms. The summed E-state index contributed by atoms with van der Waals surface area (Å²) in [5.74, 6) is -1.21. The molecule has 0 bridgehead atoms. The standard InChI is InChI=1S/C26H22N4O4.C2H7NO/c1-15-23(25(32)30(29-15)20-12-11-16-5-2-6-17(16)14-20)28-27-22-10-4-9-21(24(22)31)18-7-3-8-19(13-18)26(33)34;3-1-2-4/h3-4,7-14,29,31H,2,5-6H2,1H3,(H,33,34);4H,1-3H2. The second-order valence-electron chi connectivity index (χ2n) is 8.80. The number of hydrogen-bond donors (Lipinski definition) is 5. The summed E-state index contributed by atoms with van der Waals surface area (Å²) in [5, 5.41) is 39.1. The Kier molecular flexibility index (Phi) is 8.15. The lowest BCUT2D eigenvalue weighted by molar-refractivity contribution is 0.0697. The normalized spacial score (nSPS) is 12.3. The molecule has 1 aliphatic carbocycles. The molecule has 1 aromatic heterocycles. The molecular weight excluding hydrogens is 486 g/mol.